The van der Waals surface area contributed by atoms with Crippen LogP contribution < -0.4 is 5.32 Å². The van der Waals surface area contributed by atoms with Gasteiger partial charge < -0.3 is 5.32 Å². The summed E-state index contributed by atoms with van der Waals surface area (Å²) in [5.41, 5.74) is 7.68. The molecule has 3 heteroatoms. The first kappa shape index (κ1) is 22.5. The van der Waals surface area contributed by atoms with Gasteiger partial charge >= 0.3 is 0 Å². The zero-order valence-electron chi connectivity index (χ0n) is 19.6. The maximum absolute atomic E-state index is 5.09. The quantitative estimate of drug-likeness (QED) is 0.471. The maximum atomic E-state index is 5.09. The predicted octanol–water partition coefficient (Wildman–Crippen LogP) is 7.45. The first-order valence-corrected chi connectivity index (χ1v) is 12.0. The second-order valence-electron chi connectivity index (χ2n) is 8.90. The molecule has 0 saturated heterocycles. The van der Waals surface area contributed by atoms with Crippen molar-refractivity contribution in [2.24, 2.45) is 0 Å². The molecule has 1 aliphatic rings. The van der Waals surface area contributed by atoms with Gasteiger partial charge in [0.2, 0.25) is 5.95 Å². The van der Waals surface area contributed by atoms with Crippen molar-refractivity contribution in [1.29, 1.82) is 0 Å². The fraction of sp³-hybridized carbons (Fsp3) is 0.556. The van der Waals surface area contributed by atoms with Crippen molar-refractivity contribution in [3.05, 3.63) is 58.4 Å². The van der Waals surface area contributed by atoms with Crippen LogP contribution in [0.1, 0.15) is 107 Å². The molecule has 1 aromatic carbocycles. The number of benzene rings is 1. The van der Waals surface area contributed by atoms with Gasteiger partial charge in [0.25, 0.3) is 0 Å². The molecular weight excluding hydrogens is 366 g/mol. The topological polar surface area (TPSA) is 37.8 Å². The highest BCUT2D eigenvalue weighted by molar-refractivity contribution is 5.81. The summed E-state index contributed by atoms with van der Waals surface area (Å²) in [5.74, 6) is 1.31. The van der Waals surface area contributed by atoms with Gasteiger partial charge in [0.1, 0.15) is 0 Å². The molecular formula is C27H39N3. The smallest absolute Gasteiger partial charge is 0.223 e. The van der Waals surface area contributed by atoms with Crippen molar-refractivity contribution >= 4 is 11.5 Å². The summed E-state index contributed by atoms with van der Waals surface area (Å²) in [7, 11) is 0. The van der Waals surface area contributed by atoms with Crippen LogP contribution in [0.15, 0.2) is 30.5 Å². The zero-order chi connectivity index (χ0) is 21.5. The average molecular weight is 406 g/mol. The highest BCUT2D eigenvalue weighted by atomic mass is 15.1. The number of allylic oxidation sites excluding steroid dienone is 1. The van der Waals surface area contributed by atoms with Crippen LogP contribution in [0.3, 0.4) is 0 Å². The summed E-state index contributed by atoms with van der Waals surface area (Å²) < 4.78 is 0. The van der Waals surface area contributed by atoms with Crippen LogP contribution >= 0.6 is 0 Å². The standard InChI is InChI=1S/C27H39N3/c1-6-9-12-21-18-28-27(29-22-13-10-11-14-22)30-26(21)23(8-3)24-16-15-19(4)17-25(24)20(5)7-2/h8,15-18,20,22H,6-7,9-14H2,1-5H3,(H,28,29,30)/b23-8+. The molecule has 30 heavy (non-hydrogen) atoms. The van der Waals surface area contributed by atoms with E-state index >= 15 is 0 Å². The van der Waals surface area contributed by atoms with Crippen molar-refractivity contribution in [2.45, 2.75) is 97.9 Å². The van der Waals surface area contributed by atoms with E-state index in [9.17, 15) is 0 Å². The Balaban J connectivity index is 2.05. The number of unbranched alkanes of at least 4 members (excludes halogenated alkanes) is 1. The van der Waals surface area contributed by atoms with Crippen molar-refractivity contribution in [2.75, 3.05) is 5.32 Å². The molecule has 1 atom stereocenters. The van der Waals surface area contributed by atoms with E-state index in [0.717, 1.165) is 30.9 Å². The highest BCUT2D eigenvalue weighted by Gasteiger charge is 2.20. The van der Waals surface area contributed by atoms with Gasteiger partial charge in [-0.2, -0.15) is 0 Å². The van der Waals surface area contributed by atoms with E-state index in [0.29, 0.717) is 12.0 Å². The summed E-state index contributed by atoms with van der Waals surface area (Å²) in [6.45, 7) is 11.2. The lowest BCUT2D eigenvalue weighted by Gasteiger charge is -2.21. The van der Waals surface area contributed by atoms with Crippen LogP contribution in [-0.2, 0) is 6.42 Å². The fourth-order valence-electron chi connectivity index (χ4n) is 4.49. The van der Waals surface area contributed by atoms with Gasteiger partial charge in [-0.1, -0.05) is 69.9 Å². The molecule has 0 spiro atoms. The first-order valence-electron chi connectivity index (χ1n) is 12.0. The van der Waals surface area contributed by atoms with Crippen LogP contribution in [0.2, 0.25) is 0 Å². The number of aromatic nitrogens is 2. The van der Waals surface area contributed by atoms with Gasteiger partial charge in [0, 0.05) is 17.8 Å². The SMILES string of the molecule is C/C=C(\c1ccc(C)cc1C(C)CC)c1nc(NC2CCCC2)ncc1CCCC. The lowest BCUT2D eigenvalue weighted by Crippen LogP contribution is -2.17. The Hall–Kier alpha value is -2.16. The molecule has 1 unspecified atom stereocenters. The first-order chi connectivity index (χ1) is 14.6. The third-order valence-corrected chi connectivity index (χ3v) is 6.54. The lowest BCUT2D eigenvalue weighted by atomic mass is 9.86. The number of hydrogen-bond donors (Lipinski definition) is 1. The van der Waals surface area contributed by atoms with Gasteiger partial charge in [-0.25, -0.2) is 9.97 Å². The van der Waals surface area contributed by atoms with Crippen molar-refractivity contribution in [3.8, 4) is 0 Å². The molecule has 0 bridgehead atoms. The van der Waals surface area contributed by atoms with Gasteiger partial charge in [0.15, 0.2) is 0 Å². The fourth-order valence-corrected chi connectivity index (χ4v) is 4.49. The second kappa shape index (κ2) is 10.7. The predicted molar refractivity (Wildman–Crippen MR) is 129 cm³/mol. The number of anilines is 1. The molecule has 2 aromatic rings. The Labute approximate surface area is 183 Å². The molecule has 0 aliphatic heterocycles. The molecule has 0 amide bonds. The Bertz CT molecular complexity index is 862. The third kappa shape index (κ3) is 5.30. The Morgan fingerprint density at radius 3 is 2.67 bits per heavy atom. The monoisotopic (exact) mass is 405 g/mol. The van der Waals surface area contributed by atoms with E-state index in [4.69, 9.17) is 9.97 Å². The number of aryl methyl sites for hydroxylation is 2. The van der Waals surface area contributed by atoms with Gasteiger partial charge in [0.05, 0.1) is 5.69 Å². The van der Waals surface area contributed by atoms with Crippen LogP contribution in [-0.4, -0.2) is 16.0 Å². The Morgan fingerprint density at radius 1 is 1.23 bits per heavy atom. The van der Waals surface area contributed by atoms with Gasteiger partial charge in [-0.05, 0) is 68.6 Å². The number of nitrogens with zero attached hydrogens (tertiary/aromatic N) is 2. The molecule has 0 radical (unpaired) electrons. The van der Waals surface area contributed by atoms with Crippen LogP contribution in [0.4, 0.5) is 5.95 Å². The molecule has 3 nitrogen and oxygen atoms in total. The summed E-state index contributed by atoms with van der Waals surface area (Å²) in [4.78, 5) is 9.80. The van der Waals surface area contributed by atoms with Crippen molar-refractivity contribution < 1.29 is 0 Å². The van der Waals surface area contributed by atoms with Crippen LogP contribution in [0, 0.1) is 6.92 Å². The Morgan fingerprint density at radius 2 is 2.00 bits per heavy atom. The number of rotatable bonds is 9. The van der Waals surface area contributed by atoms with E-state index < -0.39 is 0 Å². The van der Waals surface area contributed by atoms with E-state index in [1.165, 1.54) is 59.9 Å². The van der Waals surface area contributed by atoms with Crippen molar-refractivity contribution in [3.63, 3.8) is 0 Å². The zero-order valence-corrected chi connectivity index (χ0v) is 19.6. The molecule has 1 aromatic heterocycles. The normalized spacial score (nSPS) is 16.1. The summed E-state index contributed by atoms with van der Waals surface area (Å²) in [6, 6.07) is 7.40. The third-order valence-electron chi connectivity index (χ3n) is 6.54. The second-order valence-corrected chi connectivity index (χ2v) is 8.90. The number of hydrogen-bond acceptors (Lipinski definition) is 3. The molecule has 1 fully saturated rings. The number of nitrogens with one attached hydrogen (secondary N) is 1. The van der Waals surface area contributed by atoms with E-state index in [1.54, 1.807) is 0 Å². The summed E-state index contributed by atoms with van der Waals surface area (Å²) >= 11 is 0. The summed E-state index contributed by atoms with van der Waals surface area (Å²) in [5, 5.41) is 3.60. The van der Waals surface area contributed by atoms with Crippen molar-refractivity contribution in [1.82, 2.24) is 9.97 Å². The minimum Gasteiger partial charge on any atom is -0.351 e. The molecule has 1 saturated carbocycles. The van der Waals surface area contributed by atoms with Gasteiger partial charge in [-0.15, -0.1) is 0 Å². The van der Waals surface area contributed by atoms with Gasteiger partial charge in [-0.3, -0.25) is 0 Å². The Kier molecular flexibility index (Phi) is 8.07. The van der Waals surface area contributed by atoms with E-state index in [1.807, 2.05) is 0 Å². The average Bonchev–Trinajstić information content (AvgIpc) is 3.27. The molecule has 3 rings (SSSR count). The molecule has 1 aliphatic carbocycles. The molecule has 162 valence electrons. The minimum absolute atomic E-state index is 0.517. The van der Waals surface area contributed by atoms with E-state index in [-0.39, 0.29) is 0 Å². The molecule has 1 heterocycles. The maximum Gasteiger partial charge on any atom is 0.223 e. The summed E-state index contributed by atoms with van der Waals surface area (Å²) in [6.07, 6.45) is 13.9. The lowest BCUT2D eigenvalue weighted by molar-refractivity contribution is 0.730. The molecule has 1 N–H and O–H groups in total. The largest absolute Gasteiger partial charge is 0.351 e. The van der Waals surface area contributed by atoms with E-state index in [2.05, 4.69) is 70.4 Å². The van der Waals surface area contributed by atoms with Crippen LogP contribution in [0.5, 0.6) is 0 Å². The van der Waals surface area contributed by atoms with Crippen LogP contribution in [0.25, 0.3) is 5.57 Å². The minimum atomic E-state index is 0.517. The highest BCUT2D eigenvalue weighted by Crippen LogP contribution is 2.34.